The van der Waals surface area contributed by atoms with Gasteiger partial charge < -0.3 is 25.1 Å². The van der Waals surface area contributed by atoms with Crippen molar-refractivity contribution in [2.75, 3.05) is 20.8 Å². The lowest BCUT2D eigenvalue weighted by atomic mass is 10.0. The van der Waals surface area contributed by atoms with Crippen LogP contribution in [0.15, 0.2) is 12.1 Å². The van der Waals surface area contributed by atoms with Crippen molar-refractivity contribution in [1.82, 2.24) is 0 Å². The lowest BCUT2D eigenvalue weighted by Gasteiger charge is -2.15. The van der Waals surface area contributed by atoms with Gasteiger partial charge in [0.1, 0.15) is 0 Å². The number of esters is 1. The summed E-state index contributed by atoms with van der Waals surface area (Å²) in [6.07, 6.45) is 0.0466. The Bertz CT molecular complexity index is 427. The van der Waals surface area contributed by atoms with E-state index in [1.54, 1.807) is 19.1 Å². The molecule has 0 fully saturated rings. The van der Waals surface area contributed by atoms with Crippen LogP contribution in [0.25, 0.3) is 0 Å². The number of nitrogens with two attached hydrogens (primary N) is 1. The van der Waals surface area contributed by atoms with E-state index in [2.05, 4.69) is 0 Å². The quantitative estimate of drug-likeness (QED) is 0.779. The molecule has 3 N–H and O–H groups in total. The summed E-state index contributed by atoms with van der Waals surface area (Å²) in [5.41, 5.74) is 6.55. The maximum Gasteiger partial charge on any atom is 0.307 e. The Morgan fingerprint density at radius 2 is 1.80 bits per heavy atom. The highest BCUT2D eigenvalue weighted by molar-refractivity contribution is 5.85. The van der Waals surface area contributed by atoms with E-state index < -0.39 is 6.04 Å². The predicted molar refractivity (Wildman–Crippen MR) is 76.6 cm³/mol. The van der Waals surface area contributed by atoms with Gasteiger partial charge in [-0.1, -0.05) is 0 Å². The number of rotatable bonds is 6. The summed E-state index contributed by atoms with van der Waals surface area (Å²) in [6.45, 7) is 2.05. The van der Waals surface area contributed by atoms with E-state index in [0.717, 1.165) is 0 Å². The Balaban J connectivity index is 0.00000361. The van der Waals surface area contributed by atoms with Crippen LogP contribution in [0.3, 0.4) is 0 Å². The Morgan fingerprint density at radius 1 is 1.30 bits per heavy atom. The van der Waals surface area contributed by atoms with Gasteiger partial charge in [-0.3, -0.25) is 4.79 Å². The molecule has 0 saturated heterocycles. The number of ether oxygens (including phenoxy) is 3. The number of hydrogen-bond acceptors (Lipinski definition) is 6. The van der Waals surface area contributed by atoms with Gasteiger partial charge in [-0.15, -0.1) is 12.4 Å². The second-order valence-corrected chi connectivity index (χ2v) is 3.89. The summed E-state index contributed by atoms with van der Waals surface area (Å²) in [4.78, 5) is 11.4. The lowest BCUT2D eigenvalue weighted by molar-refractivity contribution is -0.143. The van der Waals surface area contributed by atoms with Crippen molar-refractivity contribution in [3.8, 4) is 17.2 Å². The topological polar surface area (TPSA) is 91.0 Å². The molecule has 0 aliphatic heterocycles. The number of hydrogen-bond donors (Lipinski definition) is 2. The molecule has 1 atom stereocenters. The van der Waals surface area contributed by atoms with Gasteiger partial charge in [0.25, 0.3) is 0 Å². The fourth-order valence-corrected chi connectivity index (χ4v) is 1.65. The van der Waals surface area contributed by atoms with Crippen molar-refractivity contribution in [3.63, 3.8) is 0 Å². The average Bonchev–Trinajstić information content (AvgIpc) is 2.39. The van der Waals surface area contributed by atoms with Crippen molar-refractivity contribution in [2.45, 2.75) is 19.4 Å². The molecule has 0 aliphatic rings. The fourth-order valence-electron chi connectivity index (χ4n) is 1.65. The highest BCUT2D eigenvalue weighted by atomic mass is 35.5. The van der Waals surface area contributed by atoms with E-state index in [0.29, 0.717) is 12.2 Å². The van der Waals surface area contributed by atoms with Crippen LogP contribution in [0, 0.1) is 0 Å². The number of carbonyl (C=O) groups excluding carboxylic acids is 1. The monoisotopic (exact) mass is 305 g/mol. The number of carbonyl (C=O) groups is 1. The minimum absolute atomic E-state index is 0. The first-order chi connectivity index (χ1) is 9.03. The molecular formula is C13H20ClNO5. The summed E-state index contributed by atoms with van der Waals surface area (Å²) >= 11 is 0. The molecule has 0 aliphatic carbocycles. The van der Waals surface area contributed by atoms with E-state index in [-0.39, 0.29) is 42.0 Å². The smallest absolute Gasteiger partial charge is 0.307 e. The molecule has 0 saturated carbocycles. The molecule has 0 heterocycles. The first-order valence-electron chi connectivity index (χ1n) is 5.89. The van der Waals surface area contributed by atoms with Crippen molar-refractivity contribution >= 4 is 18.4 Å². The van der Waals surface area contributed by atoms with Gasteiger partial charge in [0.05, 0.1) is 27.2 Å². The fraction of sp³-hybridized carbons (Fsp3) is 0.462. The SMILES string of the molecule is CCOC(=O)C[C@@H](N)c1cc(OC)c(O)c(OC)c1.Cl. The molecule has 114 valence electrons. The molecule has 6 nitrogen and oxygen atoms in total. The third-order valence-corrected chi connectivity index (χ3v) is 2.62. The van der Waals surface area contributed by atoms with Crippen molar-refractivity contribution in [2.24, 2.45) is 5.73 Å². The van der Waals surface area contributed by atoms with Gasteiger partial charge >= 0.3 is 5.97 Å². The van der Waals surface area contributed by atoms with E-state index >= 15 is 0 Å². The van der Waals surface area contributed by atoms with Gasteiger partial charge in [0, 0.05) is 6.04 Å². The molecule has 0 bridgehead atoms. The predicted octanol–water partition coefficient (Wildman–Crippen LogP) is 1.78. The van der Waals surface area contributed by atoms with Crippen LogP contribution in [-0.2, 0) is 9.53 Å². The van der Waals surface area contributed by atoms with Crippen LogP contribution in [0.4, 0.5) is 0 Å². The summed E-state index contributed by atoms with van der Waals surface area (Å²) < 4.78 is 14.9. The molecule has 1 aromatic rings. The maximum absolute atomic E-state index is 11.4. The second-order valence-electron chi connectivity index (χ2n) is 3.89. The van der Waals surface area contributed by atoms with Gasteiger partial charge in [-0.25, -0.2) is 0 Å². The van der Waals surface area contributed by atoms with Crippen LogP contribution < -0.4 is 15.2 Å². The van der Waals surface area contributed by atoms with Gasteiger partial charge in [0.2, 0.25) is 5.75 Å². The van der Waals surface area contributed by atoms with E-state index in [1.807, 2.05) is 0 Å². The molecule has 0 unspecified atom stereocenters. The zero-order valence-corrected chi connectivity index (χ0v) is 12.5. The van der Waals surface area contributed by atoms with Crippen LogP contribution in [0.5, 0.6) is 17.2 Å². The molecule has 1 aromatic carbocycles. The number of benzene rings is 1. The Hall–Kier alpha value is -1.66. The maximum atomic E-state index is 11.4. The third-order valence-electron chi connectivity index (χ3n) is 2.62. The van der Waals surface area contributed by atoms with E-state index in [9.17, 15) is 9.90 Å². The number of halogens is 1. The van der Waals surface area contributed by atoms with E-state index in [4.69, 9.17) is 19.9 Å². The highest BCUT2D eigenvalue weighted by Gasteiger charge is 2.18. The minimum Gasteiger partial charge on any atom is -0.502 e. The molecule has 20 heavy (non-hydrogen) atoms. The second kappa shape index (κ2) is 8.50. The molecule has 0 aromatic heterocycles. The first-order valence-corrected chi connectivity index (χ1v) is 5.89. The molecule has 0 radical (unpaired) electrons. The Morgan fingerprint density at radius 3 is 2.20 bits per heavy atom. The third kappa shape index (κ3) is 4.47. The molecular weight excluding hydrogens is 286 g/mol. The first kappa shape index (κ1) is 18.3. The number of aromatic hydroxyl groups is 1. The number of phenols is 1. The zero-order chi connectivity index (χ0) is 14.4. The number of methoxy groups -OCH3 is 2. The van der Waals surface area contributed by atoms with Crippen LogP contribution >= 0.6 is 12.4 Å². The Labute approximate surface area is 124 Å². The van der Waals surface area contributed by atoms with E-state index in [1.165, 1.54) is 14.2 Å². The van der Waals surface area contributed by atoms with Crippen molar-refractivity contribution in [1.29, 1.82) is 0 Å². The van der Waals surface area contributed by atoms with Gasteiger partial charge in [0.15, 0.2) is 11.5 Å². The van der Waals surface area contributed by atoms with Crippen molar-refractivity contribution in [3.05, 3.63) is 17.7 Å². The van der Waals surface area contributed by atoms with Gasteiger partial charge in [-0.2, -0.15) is 0 Å². The summed E-state index contributed by atoms with van der Waals surface area (Å²) in [6, 6.07) is 2.59. The van der Waals surface area contributed by atoms with Crippen LogP contribution in [0.2, 0.25) is 0 Å². The van der Waals surface area contributed by atoms with Crippen molar-refractivity contribution < 1.29 is 24.1 Å². The Kier molecular flexibility index (Phi) is 7.79. The average molecular weight is 306 g/mol. The minimum atomic E-state index is -0.553. The number of phenolic OH excluding ortho intramolecular Hbond substituents is 1. The highest BCUT2D eigenvalue weighted by Crippen LogP contribution is 2.38. The normalized spacial score (nSPS) is 11.2. The standard InChI is InChI=1S/C13H19NO5.ClH/c1-4-19-12(15)7-9(14)8-5-10(17-2)13(16)11(6-8)18-3;/h5-6,9,16H,4,7,14H2,1-3H3;1H/t9-;/m1./s1. The molecule has 7 heteroatoms. The molecule has 0 spiro atoms. The zero-order valence-electron chi connectivity index (χ0n) is 11.7. The lowest BCUT2D eigenvalue weighted by Crippen LogP contribution is -2.17. The molecule has 0 amide bonds. The summed E-state index contributed by atoms with van der Waals surface area (Å²) in [5.74, 6) is 0.0143. The van der Waals surface area contributed by atoms with Gasteiger partial charge in [-0.05, 0) is 24.6 Å². The molecule has 1 rings (SSSR count). The summed E-state index contributed by atoms with van der Waals surface area (Å²) in [5, 5.41) is 9.78. The summed E-state index contributed by atoms with van der Waals surface area (Å²) in [7, 11) is 2.85. The van der Waals surface area contributed by atoms with Crippen LogP contribution in [0.1, 0.15) is 24.9 Å². The van der Waals surface area contributed by atoms with Crippen LogP contribution in [-0.4, -0.2) is 31.9 Å². The largest absolute Gasteiger partial charge is 0.502 e.